The summed E-state index contributed by atoms with van der Waals surface area (Å²) in [4.78, 5) is 21.5. The minimum atomic E-state index is -4.07. The summed E-state index contributed by atoms with van der Waals surface area (Å²) in [6.45, 7) is 3.49. The summed E-state index contributed by atoms with van der Waals surface area (Å²) in [6.07, 6.45) is 0.577. The van der Waals surface area contributed by atoms with Crippen LogP contribution in [0.3, 0.4) is 0 Å². The van der Waals surface area contributed by atoms with Crippen LogP contribution in [0, 0.1) is 16.0 Å². The van der Waals surface area contributed by atoms with Gasteiger partial charge in [0.05, 0.1) is 9.82 Å². The highest BCUT2D eigenvalue weighted by atomic mass is 35.7. The van der Waals surface area contributed by atoms with E-state index in [-0.39, 0.29) is 17.5 Å². The quantitative estimate of drug-likeness (QED) is 0.509. The molecule has 0 aliphatic rings. The van der Waals surface area contributed by atoms with E-state index >= 15 is 0 Å². The molecule has 0 fully saturated rings. The second-order valence-electron chi connectivity index (χ2n) is 4.17. The Morgan fingerprint density at radius 3 is 2.55 bits per heavy atom. The molecule has 20 heavy (non-hydrogen) atoms. The van der Waals surface area contributed by atoms with Crippen LogP contribution in [0.4, 0.5) is 11.4 Å². The highest BCUT2D eigenvalue weighted by molar-refractivity contribution is 8.13. The van der Waals surface area contributed by atoms with Gasteiger partial charge in [0.15, 0.2) is 0 Å². The average Bonchev–Trinajstić information content (AvgIpc) is 2.36. The number of amides is 1. The third kappa shape index (κ3) is 3.91. The molecule has 1 atom stereocenters. The first-order valence-electron chi connectivity index (χ1n) is 5.70. The number of nitrogens with one attached hydrogen (secondary N) is 1. The molecule has 0 radical (unpaired) electrons. The molecule has 110 valence electrons. The van der Waals surface area contributed by atoms with Gasteiger partial charge in [-0.15, -0.1) is 0 Å². The number of nitro benzene ring substituents is 1. The van der Waals surface area contributed by atoms with Gasteiger partial charge in [0, 0.05) is 22.7 Å². The molecule has 0 aliphatic heterocycles. The topological polar surface area (TPSA) is 106 Å². The van der Waals surface area contributed by atoms with E-state index in [2.05, 4.69) is 5.32 Å². The molecule has 1 amide bonds. The third-order valence-corrected chi connectivity index (χ3v) is 4.12. The number of hydrogen-bond donors (Lipinski definition) is 1. The molecule has 0 heterocycles. The summed E-state index contributed by atoms with van der Waals surface area (Å²) in [5.74, 6) is -0.692. The molecule has 0 bridgehead atoms. The van der Waals surface area contributed by atoms with Gasteiger partial charge in [-0.25, -0.2) is 8.42 Å². The summed E-state index contributed by atoms with van der Waals surface area (Å²) < 4.78 is 22.3. The van der Waals surface area contributed by atoms with Crippen LogP contribution in [0.25, 0.3) is 0 Å². The number of halogens is 1. The number of nitro groups is 1. The van der Waals surface area contributed by atoms with E-state index in [0.717, 1.165) is 18.2 Å². The fourth-order valence-corrected chi connectivity index (χ4v) is 2.13. The predicted octanol–water partition coefficient (Wildman–Crippen LogP) is 2.51. The molecular weight excluding hydrogens is 308 g/mol. The number of nitrogens with zero attached hydrogens (tertiary/aromatic N) is 1. The minimum Gasteiger partial charge on any atom is -0.320 e. The van der Waals surface area contributed by atoms with Gasteiger partial charge in [0.25, 0.3) is 14.7 Å². The second kappa shape index (κ2) is 6.19. The molecular formula is C11H13ClN2O5S. The molecule has 0 saturated carbocycles. The number of hydrogen-bond acceptors (Lipinski definition) is 5. The van der Waals surface area contributed by atoms with Crippen molar-refractivity contribution in [3.8, 4) is 0 Å². The van der Waals surface area contributed by atoms with Crippen molar-refractivity contribution in [2.24, 2.45) is 5.92 Å². The standard InChI is InChI=1S/C11H13ClN2O5S/c1-3-7(2)11(15)13-9-5-4-8(20(12,18)19)6-10(9)14(16)17/h4-7H,3H2,1-2H3,(H,13,15). The predicted molar refractivity (Wildman–Crippen MR) is 74.2 cm³/mol. The first kappa shape index (κ1) is 16.4. The van der Waals surface area contributed by atoms with Crippen molar-refractivity contribution >= 4 is 37.0 Å². The van der Waals surface area contributed by atoms with E-state index in [9.17, 15) is 23.3 Å². The Morgan fingerprint density at radius 1 is 1.50 bits per heavy atom. The molecule has 1 unspecified atom stereocenters. The summed E-state index contributed by atoms with van der Waals surface area (Å²) in [6, 6.07) is 3.06. The number of benzene rings is 1. The number of anilines is 1. The summed E-state index contributed by atoms with van der Waals surface area (Å²) in [5.41, 5.74) is -0.590. The summed E-state index contributed by atoms with van der Waals surface area (Å²) in [5, 5.41) is 13.3. The van der Waals surface area contributed by atoms with Crippen LogP contribution in [0.15, 0.2) is 23.1 Å². The first-order chi connectivity index (χ1) is 9.16. The molecule has 9 heteroatoms. The molecule has 1 aromatic rings. The SMILES string of the molecule is CCC(C)C(=O)Nc1ccc(S(=O)(=O)Cl)cc1[N+](=O)[O-]. The van der Waals surface area contributed by atoms with E-state index in [4.69, 9.17) is 10.7 Å². The van der Waals surface area contributed by atoms with Gasteiger partial charge in [-0.1, -0.05) is 13.8 Å². The van der Waals surface area contributed by atoms with Gasteiger partial charge in [-0.3, -0.25) is 14.9 Å². The Morgan fingerprint density at radius 2 is 2.10 bits per heavy atom. The molecule has 0 spiro atoms. The fourth-order valence-electron chi connectivity index (χ4n) is 1.36. The van der Waals surface area contributed by atoms with Crippen LogP contribution in [-0.2, 0) is 13.8 Å². The Bertz CT molecular complexity index is 644. The van der Waals surface area contributed by atoms with E-state index < -0.39 is 24.6 Å². The maximum atomic E-state index is 11.7. The largest absolute Gasteiger partial charge is 0.320 e. The molecule has 1 aromatic carbocycles. The lowest BCUT2D eigenvalue weighted by Gasteiger charge is -2.10. The zero-order valence-corrected chi connectivity index (χ0v) is 12.4. The summed E-state index contributed by atoms with van der Waals surface area (Å²) >= 11 is 0. The third-order valence-electron chi connectivity index (χ3n) is 2.77. The molecule has 7 nitrogen and oxygen atoms in total. The van der Waals surface area contributed by atoms with E-state index in [1.807, 2.05) is 6.92 Å². The van der Waals surface area contributed by atoms with E-state index in [1.165, 1.54) is 0 Å². The average molecular weight is 321 g/mol. The first-order valence-corrected chi connectivity index (χ1v) is 8.01. The zero-order chi connectivity index (χ0) is 15.5. The summed E-state index contributed by atoms with van der Waals surface area (Å²) in [7, 11) is 1.06. The fraction of sp³-hybridized carbons (Fsp3) is 0.364. The second-order valence-corrected chi connectivity index (χ2v) is 6.74. The Hall–Kier alpha value is -1.67. The number of carbonyl (C=O) groups is 1. The maximum absolute atomic E-state index is 11.7. The van der Waals surface area contributed by atoms with Gasteiger partial charge in [-0.05, 0) is 18.6 Å². The van der Waals surface area contributed by atoms with Crippen molar-refractivity contribution < 1.29 is 18.1 Å². The van der Waals surface area contributed by atoms with Crippen LogP contribution in [0.2, 0.25) is 0 Å². The van der Waals surface area contributed by atoms with Crippen LogP contribution in [-0.4, -0.2) is 19.2 Å². The zero-order valence-electron chi connectivity index (χ0n) is 10.8. The van der Waals surface area contributed by atoms with Crippen molar-refractivity contribution in [3.63, 3.8) is 0 Å². The van der Waals surface area contributed by atoms with Crippen LogP contribution in [0.1, 0.15) is 20.3 Å². The lowest BCUT2D eigenvalue weighted by Crippen LogP contribution is -2.20. The van der Waals surface area contributed by atoms with Gasteiger partial charge < -0.3 is 5.32 Å². The Labute approximate surface area is 120 Å². The molecule has 0 aliphatic carbocycles. The number of carbonyl (C=O) groups excluding carboxylic acids is 1. The van der Waals surface area contributed by atoms with Crippen molar-refractivity contribution in [1.29, 1.82) is 0 Å². The molecule has 0 saturated heterocycles. The van der Waals surface area contributed by atoms with Crippen molar-refractivity contribution in [1.82, 2.24) is 0 Å². The van der Waals surface area contributed by atoms with Crippen LogP contribution >= 0.6 is 10.7 Å². The van der Waals surface area contributed by atoms with Gasteiger partial charge >= 0.3 is 0 Å². The smallest absolute Gasteiger partial charge is 0.294 e. The van der Waals surface area contributed by atoms with Gasteiger partial charge in [-0.2, -0.15) is 0 Å². The van der Waals surface area contributed by atoms with Crippen LogP contribution < -0.4 is 5.32 Å². The van der Waals surface area contributed by atoms with Crippen molar-refractivity contribution in [2.75, 3.05) is 5.32 Å². The molecule has 1 rings (SSSR count). The lowest BCUT2D eigenvalue weighted by atomic mass is 10.1. The lowest BCUT2D eigenvalue weighted by molar-refractivity contribution is -0.384. The highest BCUT2D eigenvalue weighted by Gasteiger charge is 2.22. The van der Waals surface area contributed by atoms with Gasteiger partial charge in [0.2, 0.25) is 5.91 Å². The Kier molecular flexibility index (Phi) is 5.07. The number of rotatable bonds is 5. The monoisotopic (exact) mass is 320 g/mol. The molecule has 0 aromatic heterocycles. The minimum absolute atomic E-state index is 0.0654. The van der Waals surface area contributed by atoms with Crippen molar-refractivity contribution in [2.45, 2.75) is 25.2 Å². The van der Waals surface area contributed by atoms with E-state index in [0.29, 0.717) is 6.42 Å². The van der Waals surface area contributed by atoms with Crippen molar-refractivity contribution in [3.05, 3.63) is 28.3 Å². The molecule has 1 N–H and O–H groups in total. The van der Waals surface area contributed by atoms with E-state index in [1.54, 1.807) is 6.92 Å². The maximum Gasteiger partial charge on any atom is 0.294 e. The highest BCUT2D eigenvalue weighted by Crippen LogP contribution is 2.29. The van der Waals surface area contributed by atoms with Gasteiger partial charge in [0.1, 0.15) is 5.69 Å². The normalized spacial score (nSPS) is 12.8. The Balaban J connectivity index is 3.22. The van der Waals surface area contributed by atoms with Crippen LogP contribution in [0.5, 0.6) is 0 Å².